The molecule has 0 aliphatic heterocycles. The zero-order chi connectivity index (χ0) is 10.8. The molecule has 0 aliphatic carbocycles. The molecule has 0 aromatic carbocycles. The predicted octanol–water partition coefficient (Wildman–Crippen LogP) is 2.53. The highest BCUT2D eigenvalue weighted by atomic mass is 35.5. The summed E-state index contributed by atoms with van der Waals surface area (Å²) in [7, 11) is 0. The molecule has 0 spiro atoms. The van der Waals surface area contributed by atoms with Gasteiger partial charge >= 0.3 is 0 Å². The molecule has 2 aromatic rings. The third kappa shape index (κ3) is 2.26. The summed E-state index contributed by atoms with van der Waals surface area (Å²) in [5.74, 6) is 0.666. The standard InChI is InChI=1S/C10H13ClN4/c1-7(2)3-4-15-6-13-8-5-12-10(11)14-9(8)15/h5-7H,3-4H2,1-2H3. The fourth-order valence-corrected chi connectivity index (χ4v) is 1.52. The first-order valence-electron chi connectivity index (χ1n) is 5.00. The summed E-state index contributed by atoms with van der Waals surface area (Å²) < 4.78 is 2.02. The lowest BCUT2D eigenvalue weighted by Gasteiger charge is -2.05. The highest BCUT2D eigenvalue weighted by Crippen LogP contribution is 2.13. The predicted molar refractivity (Wildman–Crippen MR) is 59.8 cm³/mol. The lowest BCUT2D eigenvalue weighted by molar-refractivity contribution is 0.521. The van der Waals surface area contributed by atoms with Crippen molar-refractivity contribution in [2.75, 3.05) is 0 Å². The second-order valence-electron chi connectivity index (χ2n) is 3.97. The summed E-state index contributed by atoms with van der Waals surface area (Å²) in [6, 6.07) is 0. The van der Waals surface area contributed by atoms with Gasteiger partial charge in [0.1, 0.15) is 5.52 Å². The van der Waals surface area contributed by atoms with E-state index in [0.717, 1.165) is 24.1 Å². The lowest BCUT2D eigenvalue weighted by atomic mass is 10.1. The van der Waals surface area contributed by atoms with Gasteiger partial charge in [-0.1, -0.05) is 13.8 Å². The molecule has 0 N–H and O–H groups in total. The Morgan fingerprint density at radius 1 is 1.40 bits per heavy atom. The molecule has 0 saturated carbocycles. The fraction of sp³-hybridized carbons (Fsp3) is 0.500. The number of fused-ring (bicyclic) bond motifs is 1. The van der Waals surface area contributed by atoms with Crippen molar-refractivity contribution in [2.45, 2.75) is 26.8 Å². The van der Waals surface area contributed by atoms with Crippen LogP contribution in [0.25, 0.3) is 11.2 Å². The van der Waals surface area contributed by atoms with Gasteiger partial charge < -0.3 is 4.57 Å². The second kappa shape index (κ2) is 4.14. The van der Waals surface area contributed by atoms with Gasteiger partial charge in [-0.15, -0.1) is 0 Å². The van der Waals surface area contributed by atoms with Gasteiger partial charge in [-0.05, 0) is 23.9 Å². The molecule has 80 valence electrons. The zero-order valence-electron chi connectivity index (χ0n) is 8.81. The first-order chi connectivity index (χ1) is 7.16. The van der Waals surface area contributed by atoms with Gasteiger partial charge in [-0.3, -0.25) is 0 Å². The summed E-state index contributed by atoms with van der Waals surface area (Å²) in [6.45, 7) is 5.31. The van der Waals surface area contributed by atoms with E-state index < -0.39 is 0 Å². The first kappa shape index (κ1) is 10.4. The van der Waals surface area contributed by atoms with Crippen LogP contribution in [0.4, 0.5) is 0 Å². The van der Waals surface area contributed by atoms with Gasteiger partial charge in [0.25, 0.3) is 0 Å². The monoisotopic (exact) mass is 224 g/mol. The molecule has 0 fully saturated rings. The molecule has 15 heavy (non-hydrogen) atoms. The Kier molecular flexibility index (Phi) is 2.86. The van der Waals surface area contributed by atoms with Crippen LogP contribution in [-0.2, 0) is 6.54 Å². The number of nitrogens with zero attached hydrogens (tertiary/aromatic N) is 4. The molecular weight excluding hydrogens is 212 g/mol. The SMILES string of the molecule is CC(C)CCn1cnc2cnc(Cl)nc21. The van der Waals surface area contributed by atoms with Crippen LogP contribution >= 0.6 is 11.6 Å². The highest BCUT2D eigenvalue weighted by Gasteiger charge is 2.05. The average molecular weight is 225 g/mol. The fourth-order valence-electron chi connectivity index (χ4n) is 1.40. The normalized spacial score (nSPS) is 11.5. The number of hydrogen-bond acceptors (Lipinski definition) is 3. The van der Waals surface area contributed by atoms with Gasteiger partial charge in [0.05, 0.1) is 12.5 Å². The van der Waals surface area contributed by atoms with Crippen molar-refractivity contribution in [1.82, 2.24) is 19.5 Å². The Hall–Kier alpha value is -1.16. The molecule has 0 aliphatic rings. The van der Waals surface area contributed by atoms with Gasteiger partial charge in [-0.25, -0.2) is 9.97 Å². The number of halogens is 1. The number of aryl methyl sites for hydroxylation is 1. The summed E-state index contributed by atoms with van der Waals surface area (Å²) in [5.41, 5.74) is 1.61. The van der Waals surface area contributed by atoms with Crippen LogP contribution < -0.4 is 0 Å². The number of hydrogen-bond donors (Lipinski definition) is 0. The van der Waals surface area contributed by atoms with Crippen molar-refractivity contribution >= 4 is 22.8 Å². The van der Waals surface area contributed by atoms with Crippen molar-refractivity contribution in [3.05, 3.63) is 17.8 Å². The van der Waals surface area contributed by atoms with E-state index in [2.05, 4.69) is 28.8 Å². The molecule has 0 amide bonds. The molecule has 2 heterocycles. The van der Waals surface area contributed by atoms with Crippen molar-refractivity contribution < 1.29 is 0 Å². The third-order valence-electron chi connectivity index (χ3n) is 2.28. The molecule has 0 atom stereocenters. The van der Waals surface area contributed by atoms with Crippen molar-refractivity contribution in [3.63, 3.8) is 0 Å². The smallest absolute Gasteiger partial charge is 0.224 e. The molecule has 5 heteroatoms. The Bertz CT molecular complexity index is 463. The van der Waals surface area contributed by atoms with Crippen molar-refractivity contribution in [1.29, 1.82) is 0 Å². The number of aromatic nitrogens is 4. The Balaban J connectivity index is 2.31. The molecule has 4 nitrogen and oxygen atoms in total. The van der Waals surface area contributed by atoms with E-state index in [1.165, 1.54) is 0 Å². The molecule has 0 radical (unpaired) electrons. The average Bonchev–Trinajstić information content (AvgIpc) is 2.57. The van der Waals surface area contributed by atoms with Crippen LogP contribution in [0.15, 0.2) is 12.5 Å². The summed E-state index contributed by atoms with van der Waals surface area (Å²) in [6.07, 6.45) is 4.54. The summed E-state index contributed by atoms with van der Waals surface area (Å²) >= 11 is 5.75. The van der Waals surface area contributed by atoms with E-state index >= 15 is 0 Å². The van der Waals surface area contributed by atoms with Gasteiger partial charge in [-0.2, -0.15) is 4.98 Å². The molecule has 0 unspecified atom stereocenters. The minimum absolute atomic E-state index is 0.272. The molecule has 2 rings (SSSR count). The van der Waals surface area contributed by atoms with E-state index in [1.54, 1.807) is 12.5 Å². The molecule has 2 aromatic heterocycles. The minimum atomic E-state index is 0.272. The maximum atomic E-state index is 5.75. The Morgan fingerprint density at radius 2 is 2.20 bits per heavy atom. The topological polar surface area (TPSA) is 43.6 Å². The molecular formula is C10H13ClN4. The second-order valence-corrected chi connectivity index (χ2v) is 4.31. The van der Waals surface area contributed by atoms with Gasteiger partial charge in [0.2, 0.25) is 5.28 Å². The van der Waals surface area contributed by atoms with Gasteiger partial charge in [0, 0.05) is 6.54 Å². The Morgan fingerprint density at radius 3 is 2.93 bits per heavy atom. The van der Waals surface area contributed by atoms with Crippen molar-refractivity contribution in [3.8, 4) is 0 Å². The van der Waals surface area contributed by atoms with E-state index in [1.807, 2.05) is 4.57 Å². The molecule has 0 bridgehead atoms. The van der Waals surface area contributed by atoms with Crippen LogP contribution in [0.3, 0.4) is 0 Å². The maximum Gasteiger partial charge on any atom is 0.224 e. The number of imidazole rings is 1. The summed E-state index contributed by atoms with van der Waals surface area (Å²) in [5, 5.41) is 0.272. The quantitative estimate of drug-likeness (QED) is 0.753. The number of rotatable bonds is 3. The van der Waals surface area contributed by atoms with Crippen molar-refractivity contribution in [2.24, 2.45) is 5.92 Å². The largest absolute Gasteiger partial charge is 0.315 e. The van der Waals surface area contributed by atoms with Crippen LogP contribution in [0.5, 0.6) is 0 Å². The van der Waals surface area contributed by atoms with E-state index in [-0.39, 0.29) is 5.28 Å². The van der Waals surface area contributed by atoms with E-state index in [4.69, 9.17) is 11.6 Å². The van der Waals surface area contributed by atoms with E-state index in [9.17, 15) is 0 Å². The Labute approximate surface area is 93.3 Å². The highest BCUT2D eigenvalue weighted by molar-refractivity contribution is 6.28. The lowest BCUT2D eigenvalue weighted by Crippen LogP contribution is -2.01. The minimum Gasteiger partial charge on any atom is -0.315 e. The first-order valence-corrected chi connectivity index (χ1v) is 5.38. The maximum absolute atomic E-state index is 5.75. The summed E-state index contributed by atoms with van der Waals surface area (Å²) in [4.78, 5) is 12.3. The van der Waals surface area contributed by atoms with Crippen LogP contribution in [0, 0.1) is 5.92 Å². The third-order valence-corrected chi connectivity index (χ3v) is 2.46. The molecule has 0 saturated heterocycles. The van der Waals surface area contributed by atoms with E-state index in [0.29, 0.717) is 5.92 Å². The van der Waals surface area contributed by atoms with Crippen LogP contribution in [-0.4, -0.2) is 19.5 Å². The van der Waals surface area contributed by atoms with Crippen LogP contribution in [0.1, 0.15) is 20.3 Å². The van der Waals surface area contributed by atoms with Crippen LogP contribution in [0.2, 0.25) is 5.28 Å². The zero-order valence-corrected chi connectivity index (χ0v) is 9.57. The van der Waals surface area contributed by atoms with Gasteiger partial charge in [0.15, 0.2) is 5.65 Å².